The molecule has 1 aromatic carbocycles. The molecule has 70 valence electrons. The predicted octanol–water partition coefficient (Wildman–Crippen LogP) is 2.59. The lowest BCUT2D eigenvalue weighted by molar-refractivity contribution is 0.419. The topological polar surface area (TPSA) is 33.1 Å². The molecule has 1 aromatic heterocycles. The Hall–Kier alpha value is -1.90. The predicted molar refractivity (Wildman–Crippen MR) is 51.3 cm³/mol. The van der Waals surface area contributed by atoms with Crippen LogP contribution in [0, 0.1) is 5.95 Å². The van der Waals surface area contributed by atoms with Crippen molar-refractivity contribution in [1.82, 2.24) is 4.98 Å². The summed E-state index contributed by atoms with van der Waals surface area (Å²) in [4.78, 5) is 3.44. The van der Waals surface area contributed by atoms with E-state index in [1.54, 1.807) is 0 Å². The Labute approximate surface area is 80.7 Å². The van der Waals surface area contributed by atoms with Crippen LogP contribution in [0.25, 0.3) is 11.1 Å². The van der Waals surface area contributed by atoms with Gasteiger partial charge in [-0.25, -0.2) is 4.98 Å². The molecule has 0 spiro atoms. The molecule has 3 heteroatoms. The summed E-state index contributed by atoms with van der Waals surface area (Å²) in [5.41, 5.74) is 1.60. The van der Waals surface area contributed by atoms with E-state index >= 15 is 0 Å². The molecule has 0 saturated carbocycles. The fraction of sp³-hybridized carbons (Fsp3) is 0. The number of pyridine rings is 1. The van der Waals surface area contributed by atoms with Gasteiger partial charge in [0.05, 0.1) is 0 Å². The smallest absolute Gasteiger partial charge is 0.255 e. The largest absolute Gasteiger partial charge is 0.504 e. The first kappa shape index (κ1) is 8.69. The fourth-order valence-electron chi connectivity index (χ4n) is 1.22. The molecule has 0 bridgehead atoms. The summed E-state index contributed by atoms with van der Waals surface area (Å²) in [6, 6.07) is 10.7. The summed E-state index contributed by atoms with van der Waals surface area (Å²) >= 11 is 0. The van der Waals surface area contributed by atoms with Gasteiger partial charge in [-0.2, -0.15) is 4.39 Å². The summed E-state index contributed by atoms with van der Waals surface area (Å²) in [6.07, 6.45) is 1.39. The molecule has 0 saturated heterocycles. The molecule has 0 atom stereocenters. The summed E-state index contributed by atoms with van der Waals surface area (Å²) in [6.45, 7) is 0. The van der Waals surface area contributed by atoms with E-state index in [4.69, 9.17) is 5.11 Å². The first-order chi connectivity index (χ1) is 6.77. The highest BCUT2D eigenvalue weighted by atomic mass is 19.1. The van der Waals surface area contributed by atoms with Crippen molar-refractivity contribution >= 4 is 0 Å². The Morgan fingerprint density at radius 2 is 1.79 bits per heavy atom. The molecular weight excluding hydrogens is 181 g/mol. The average molecular weight is 189 g/mol. The molecule has 2 nitrogen and oxygen atoms in total. The van der Waals surface area contributed by atoms with Gasteiger partial charge < -0.3 is 5.11 Å². The quantitative estimate of drug-likeness (QED) is 0.699. The highest BCUT2D eigenvalue weighted by Crippen LogP contribution is 2.23. The van der Waals surface area contributed by atoms with Crippen LogP contribution in [0.3, 0.4) is 0 Å². The molecule has 0 radical (unpaired) electrons. The van der Waals surface area contributed by atoms with E-state index in [0.29, 0.717) is 5.56 Å². The Bertz CT molecular complexity index is 442. The van der Waals surface area contributed by atoms with Gasteiger partial charge in [-0.1, -0.05) is 30.3 Å². The molecule has 0 aliphatic carbocycles. The van der Waals surface area contributed by atoms with Crippen molar-refractivity contribution in [3.8, 4) is 16.9 Å². The summed E-state index contributed by atoms with van der Waals surface area (Å²) in [5, 5.41) is 9.12. The second-order valence-corrected chi connectivity index (χ2v) is 2.90. The van der Waals surface area contributed by atoms with Gasteiger partial charge in [-0.15, -0.1) is 0 Å². The minimum atomic E-state index is -0.843. The van der Waals surface area contributed by atoms with E-state index in [2.05, 4.69) is 4.98 Å². The lowest BCUT2D eigenvalue weighted by atomic mass is 10.1. The van der Waals surface area contributed by atoms with Crippen molar-refractivity contribution in [2.75, 3.05) is 0 Å². The van der Waals surface area contributed by atoms with Crippen molar-refractivity contribution in [2.45, 2.75) is 0 Å². The first-order valence-electron chi connectivity index (χ1n) is 4.17. The minimum absolute atomic E-state index is 0.425. The van der Waals surface area contributed by atoms with Crippen LogP contribution in [0.1, 0.15) is 0 Å². The fourth-order valence-corrected chi connectivity index (χ4v) is 1.22. The third-order valence-electron chi connectivity index (χ3n) is 1.93. The van der Waals surface area contributed by atoms with Gasteiger partial charge in [0, 0.05) is 11.8 Å². The molecule has 0 amide bonds. The molecule has 0 fully saturated rings. The van der Waals surface area contributed by atoms with Crippen LogP contribution >= 0.6 is 0 Å². The van der Waals surface area contributed by atoms with Gasteiger partial charge in [0.2, 0.25) is 0 Å². The molecule has 0 unspecified atom stereocenters. The zero-order chi connectivity index (χ0) is 9.97. The number of aromatic nitrogens is 1. The van der Waals surface area contributed by atoms with E-state index in [1.165, 1.54) is 12.3 Å². The second-order valence-electron chi connectivity index (χ2n) is 2.90. The number of rotatable bonds is 1. The van der Waals surface area contributed by atoms with E-state index in [-0.39, 0.29) is 0 Å². The maximum Gasteiger partial charge on any atom is 0.255 e. The Morgan fingerprint density at radius 3 is 2.43 bits per heavy atom. The molecule has 0 aliphatic rings. The molecule has 1 N–H and O–H groups in total. The maximum absolute atomic E-state index is 12.7. The number of aromatic hydroxyl groups is 1. The van der Waals surface area contributed by atoms with Gasteiger partial charge in [0.15, 0.2) is 5.75 Å². The Morgan fingerprint density at radius 1 is 1.07 bits per heavy atom. The van der Waals surface area contributed by atoms with Crippen LogP contribution in [-0.2, 0) is 0 Å². The second kappa shape index (κ2) is 3.46. The van der Waals surface area contributed by atoms with Crippen LogP contribution < -0.4 is 0 Å². The number of benzene rings is 1. The van der Waals surface area contributed by atoms with E-state index in [9.17, 15) is 4.39 Å². The third kappa shape index (κ3) is 1.57. The summed E-state index contributed by atoms with van der Waals surface area (Å²) in [7, 11) is 0. The highest BCUT2D eigenvalue weighted by molar-refractivity contribution is 5.63. The summed E-state index contributed by atoms with van der Waals surface area (Å²) in [5.74, 6) is -1.27. The molecular formula is C11H8FNO. The number of hydrogen-bond acceptors (Lipinski definition) is 2. The zero-order valence-corrected chi connectivity index (χ0v) is 7.31. The van der Waals surface area contributed by atoms with Crippen LogP contribution in [0.15, 0.2) is 42.6 Å². The number of halogens is 1. The van der Waals surface area contributed by atoms with Gasteiger partial charge in [0.25, 0.3) is 5.95 Å². The Kier molecular flexibility index (Phi) is 2.14. The van der Waals surface area contributed by atoms with E-state index in [0.717, 1.165) is 5.56 Å². The Balaban J connectivity index is 2.48. The minimum Gasteiger partial charge on any atom is -0.504 e. The van der Waals surface area contributed by atoms with Crippen molar-refractivity contribution in [1.29, 1.82) is 0 Å². The van der Waals surface area contributed by atoms with Gasteiger partial charge in [-0.05, 0) is 11.6 Å². The number of nitrogens with zero attached hydrogens (tertiary/aromatic N) is 1. The number of hydrogen-bond donors (Lipinski definition) is 1. The van der Waals surface area contributed by atoms with E-state index < -0.39 is 11.7 Å². The zero-order valence-electron chi connectivity index (χ0n) is 7.31. The van der Waals surface area contributed by atoms with Crippen LogP contribution in [0.5, 0.6) is 5.75 Å². The monoisotopic (exact) mass is 189 g/mol. The lowest BCUT2D eigenvalue weighted by Gasteiger charge is -2.01. The first-order valence-corrected chi connectivity index (χ1v) is 4.17. The van der Waals surface area contributed by atoms with Gasteiger partial charge >= 0.3 is 0 Å². The van der Waals surface area contributed by atoms with Crippen molar-refractivity contribution in [3.63, 3.8) is 0 Å². The van der Waals surface area contributed by atoms with E-state index in [1.807, 2.05) is 30.3 Å². The van der Waals surface area contributed by atoms with Crippen molar-refractivity contribution < 1.29 is 9.50 Å². The summed E-state index contributed by atoms with van der Waals surface area (Å²) < 4.78 is 12.7. The molecule has 1 heterocycles. The van der Waals surface area contributed by atoms with Crippen molar-refractivity contribution in [2.24, 2.45) is 0 Å². The SMILES string of the molecule is Oc1cc(-c2ccccc2)cnc1F. The van der Waals surface area contributed by atoms with Gasteiger partial charge in [-0.3, -0.25) is 0 Å². The van der Waals surface area contributed by atoms with Crippen LogP contribution in [0.4, 0.5) is 4.39 Å². The normalized spacial score (nSPS) is 10.1. The maximum atomic E-state index is 12.7. The lowest BCUT2D eigenvalue weighted by Crippen LogP contribution is -1.85. The molecule has 2 aromatic rings. The molecule has 2 rings (SSSR count). The van der Waals surface area contributed by atoms with Crippen LogP contribution in [0.2, 0.25) is 0 Å². The average Bonchev–Trinajstić information content (AvgIpc) is 2.23. The molecule has 14 heavy (non-hydrogen) atoms. The van der Waals surface area contributed by atoms with Gasteiger partial charge in [0.1, 0.15) is 0 Å². The molecule has 0 aliphatic heterocycles. The third-order valence-corrected chi connectivity index (χ3v) is 1.93. The van der Waals surface area contributed by atoms with Crippen LogP contribution in [-0.4, -0.2) is 10.1 Å². The highest BCUT2D eigenvalue weighted by Gasteiger charge is 2.03. The standard InChI is InChI=1S/C11H8FNO/c12-11-10(14)6-9(7-13-11)8-4-2-1-3-5-8/h1-7,14H. The van der Waals surface area contributed by atoms with Crippen molar-refractivity contribution in [3.05, 3.63) is 48.5 Å².